The molecule has 3 N–H and O–H groups in total. The number of aliphatic imine (C=N–C) groups is 1. The molecule has 8 heteroatoms. The lowest BCUT2D eigenvalue weighted by molar-refractivity contribution is 0.0655. The van der Waals surface area contributed by atoms with E-state index in [0.717, 1.165) is 22.5 Å². The molecule has 166 valence electrons. The quantitative estimate of drug-likeness (QED) is 0.210. The van der Waals surface area contributed by atoms with Crippen molar-refractivity contribution < 1.29 is 9.84 Å². The summed E-state index contributed by atoms with van der Waals surface area (Å²) in [6.45, 7) is 5.74. The molecule has 0 spiro atoms. The van der Waals surface area contributed by atoms with E-state index < -0.39 is 5.60 Å². The average molecular weight is 552 g/mol. The SMILES string of the molecule is CCNC(=NCc1cccnc1OCc1ccccc1)NCC(C)(O)c1cccs1.I. The number of ether oxygens (including phenoxy) is 1. The molecular weight excluding hydrogens is 523 g/mol. The minimum absolute atomic E-state index is 0. The van der Waals surface area contributed by atoms with Gasteiger partial charge in [0.2, 0.25) is 5.88 Å². The van der Waals surface area contributed by atoms with Gasteiger partial charge in [0.05, 0.1) is 13.1 Å². The van der Waals surface area contributed by atoms with Crippen molar-refractivity contribution in [3.63, 3.8) is 0 Å². The van der Waals surface area contributed by atoms with Gasteiger partial charge in [-0.15, -0.1) is 35.3 Å². The number of hydrogen-bond donors (Lipinski definition) is 3. The summed E-state index contributed by atoms with van der Waals surface area (Å²) < 4.78 is 5.92. The summed E-state index contributed by atoms with van der Waals surface area (Å²) in [5.74, 6) is 1.21. The Balaban J connectivity index is 0.00000341. The van der Waals surface area contributed by atoms with Gasteiger partial charge in [0.15, 0.2) is 5.96 Å². The summed E-state index contributed by atoms with van der Waals surface area (Å²) in [5, 5.41) is 19.1. The first-order valence-electron chi connectivity index (χ1n) is 9.97. The van der Waals surface area contributed by atoms with Gasteiger partial charge >= 0.3 is 0 Å². The van der Waals surface area contributed by atoms with Crippen LogP contribution in [-0.4, -0.2) is 29.1 Å². The molecule has 0 amide bonds. The predicted molar refractivity (Wildman–Crippen MR) is 137 cm³/mol. The molecule has 0 aliphatic carbocycles. The number of pyridine rings is 1. The largest absolute Gasteiger partial charge is 0.473 e. The third-order valence-electron chi connectivity index (χ3n) is 4.47. The Labute approximate surface area is 204 Å². The fraction of sp³-hybridized carbons (Fsp3) is 0.304. The van der Waals surface area contributed by atoms with Crippen LogP contribution in [0.5, 0.6) is 5.88 Å². The van der Waals surface area contributed by atoms with Gasteiger partial charge in [-0.05, 0) is 36.9 Å². The molecule has 6 nitrogen and oxygen atoms in total. The zero-order valence-corrected chi connectivity index (χ0v) is 20.9. The summed E-state index contributed by atoms with van der Waals surface area (Å²) in [6.07, 6.45) is 1.72. The highest BCUT2D eigenvalue weighted by Gasteiger charge is 2.24. The van der Waals surface area contributed by atoms with Gasteiger partial charge in [-0.2, -0.15) is 0 Å². The highest BCUT2D eigenvalue weighted by molar-refractivity contribution is 14.0. The maximum atomic E-state index is 10.7. The number of guanidine groups is 1. The number of aliphatic hydroxyl groups is 1. The van der Waals surface area contributed by atoms with Gasteiger partial charge in [-0.1, -0.05) is 42.5 Å². The van der Waals surface area contributed by atoms with Gasteiger partial charge in [-0.25, -0.2) is 9.98 Å². The number of hydrogen-bond acceptors (Lipinski definition) is 5. The molecular formula is C23H29IN4O2S. The van der Waals surface area contributed by atoms with Gasteiger partial charge < -0.3 is 20.5 Å². The molecule has 0 radical (unpaired) electrons. The number of nitrogens with one attached hydrogen (secondary N) is 2. The molecule has 1 unspecified atom stereocenters. The molecule has 31 heavy (non-hydrogen) atoms. The number of halogens is 1. The number of benzene rings is 1. The maximum absolute atomic E-state index is 10.7. The third-order valence-corrected chi connectivity index (χ3v) is 5.60. The summed E-state index contributed by atoms with van der Waals surface area (Å²) in [5.41, 5.74) is 1.02. The normalized spacial score (nSPS) is 13.1. The molecule has 2 heterocycles. The summed E-state index contributed by atoms with van der Waals surface area (Å²) in [4.78, 5) is 9.93. The lowest BCUT2D eigenvalue weighted by Gasteiger charge is -2.23. The molecule has 1 aromatic carbocycles. The van der Waals surface area contributed by atoms with E-state index in [1.165, 1.54) is 11.3 Å². The molecule has 3 aromatic rings. The fourth-order valence-electron chi connectivity index (χ4n) is 2.83. The van der Waals surface area contributed by atoms with Crippen LogP contribution in [-0.2, 0) is 18.8 Å². The Hall–Kier alpha value is -2.17. The van der Waals surface area contributed by atoms with E-state index in [-0.39, 0.29) is 24.0 Å². The van der Waals surface area contributed by atoms with Crippen LogP contribution in [0.3, 0.4) is 0 Å². The first-order chi connectivity index (χ1) is 14.6. The maximum Gasteiger partial charge on any atom is 0.218 e. The van der Waals surface area contributed by atoms with Crippen LogP contribution in [0, 0.1) is 0 Å². The Kier molecular flexibility index (Phi) is 10.2. The summed E-state index contributed by atoms with van der Waals surface area (Å²) in [6, 6.07) is 17.7. The summed E-state index contributed by atoms with van der Waals surface area (Å²) in [7, 11) is 0. The van der Waals surface area contributed by atoms with Crippen LogP contribution in [0.2, 0.25) is 0 Å². The third kappa shape index (κ3) is 7.79. The van der Waals surface area contributed by atoms with Gasteiger partial charge in [0.1, 0.15) is 12.2 Å². The minimum atomic E-state index is -0.970. The van der Waals surface area contributed by atoms with Crippen molar-refractivity contribution in [2.24, 2.45) is 4.99 Å². The molecule has 1 atom stereocenters. The highest BCUT2D eigenvalue weighted by Crippen LogP contribution is 2.24. The lowest BCUT2D eigenvalue weighted by atomic mass is 10.1. The van der Waals surface area contributed by atoms with Crippen LogP contribution >= 0.6 is 35.3 Å². The van der Waals surface area contributed by atoms with Gasteiger partial charge in [0.25, 0.3) is 0 Å². The zero-order valence-electron chi connectivity index (χ0n) is 17.7. The van der Waals surface area contributed by atoms with E-state index in [0.29, 0.717) is 31.5 Å². The van der Waals surface area contributed by atoms with E-state index in [1.807, 2.05) is 66.9 Å². The van der Waals surface area contributed by atoms with Crippen molar-refractivity contribution in [2.45, 2.75) is 32.6 Å². The first-order valence-corrected chi connectivity index (χ1v) is 10.9. The number of nitrogens with zero attached hydrogens (tertiary/aromatic N) is 2. The highest BCUT2D eigenvalue weighted by atomic mass is 127. The van der Waals surface area contributed by atoms with Crippen molar-refractivity contribution in [3.05, 3.63) is 82.2 Å². The second-order valence-corrected chi connectivity index (χ2v) is 7.99. The van der Waals surface area contributed by atoms with Crippen LogP contribution < -0.4 is 15.4 Å². The summed E-state index contributed by atoms with van der Waals surface area (Å²) >= 11 is 1.54. The molecule has 0 aliphatic rings. The van der Waals surface area contributed by atoms with Crippen LogP contribution in [0.1, 0.15) is 29.9 Å². The number of aromatic nitrogens is 1. The molecule has 0 fully saturated rings. The molecule has 2 aromatic heterocycles. The van der Waals surface area contributed by atoms with Crippen molar-refractivity contribution in [1.29, 1.82) is 0 Å². The monoisotopic (exact) mass is 552 g/mol. The molecule has 0 aliphatic heterocycles. The lowest BCUT2D eigenvalue weighted by Crippen LogP contribution is -2.44. The van der Waals surface area contributed by atoms with Crippen molar-refractivity contribution in [1.82, 2.24) is 15.6 Å². The van der Waals surface area contributed by atoms with E-state index in [2.05, 4.69) is 20.6 Å². The molecule has 0 saturated heterocycles. The molecule has 0 saturated carbocycles. The second-order valence-electron chi connectivity index (χ2n) is 7.04. The number of rotatable bonds is 9. The Morgan fingerprint density at radius 3 is 2.65 bits per heavy atom. The Morgan fingerprint density at radius 2 is 1.94 bits per heavy atom. The van der Waals surface area contributed by atoms with Crippen molar-refractivity contribution in [2.75, 3.05) is 13.1 Å². The van der Waals surface area contributed by atoms with Crippen molar-refractivity contribution in [3.8, 4) is 5.88 Å². The van der Waals surface area contributed by atoms with Gasteiger partial charge in [-0.3, -0.25) is 0 Å². The zero-order chi connectivity index (χ0) is 21.2. The predicted octanol–water partition coefficient (Wildman–Crippen LogP) is 4.30. The van der Waals surface area contributed by atoms with Crippen LogP contribution in [0.4, 0.5) is 0 Å². The van der Waals surface area contributed by atoms with E-state index in [9.17, 15) is 5.11 Å². The topological polar surface area (TPSA) is 78.8 Å². The number of thiophene rings is 1. The molecule has 0 bridgehead atoms. The fourth-order valence-corrected chi connectivity index (χ4v) is 3.62. The van der Waals surface area contributed by atoms with Crippen LogP contribution in [0.25, 0.3) is 0 Å². The minimum Gasteiger partial charge on any atom is -0.473 e. The van der Waals surface area contributed by atoms with Crippen molar-refractivity contribution >= 4 is 41.3 Å². The average Bonchev–Trinajstić information content (AvgIpc) is 3.32. The van der Waals surface area contributed by atoms with Crippen LogP contribution in [0.15, 0.2) is 71.2 Å². The first kappa shape index (κ1) is 25.1. The van der Waals surface area contributed by atoms with Gasteiger partial charge in [0, 0.05) is 23.2 Å². The van der Waals surface area contributed by atoms with E-state index in [4.69, 9.17) is 4.74 Å². The Morgan fingerprint density at radius 1 is 1.13 bits per heavy atom. The standard InChI is InChI=1S/C23H28N4O2S.HI/c1-3-24-22(27-17-23(2,28)20-12-8-14-30-20)26-15-19-11-7-13-25-21(19)29-16-18-9-5-4-6-10-18;/h4-14,28H,3,15-17H2,1-2H3,(H2,24,26,27);1H. The smallest absolute Gasteiger partial charge is 0.218 e. The Bertz CT molecular complexity index is 934. The molecule has 3 rings (SSSR count). The van der Waals surface area contributed by atoms with E-state index in [1.54, 1.807) is 13.1 Å². The van der Waals surface area contributed by atoms with E-state index >= 15 is 0 Å². The second kappa shape index (κ2) is 12.6.